The van der Waals surface area contributed by atoms with Gasteiger partial charge in [-0.25, -0.2) is 4.79 Å². The Bertz CT molecular complexity index is 1050. The predicted octanol–water partition coefficient (Wildman–Crippen LogP) is 14.3. The van der Waals surface area contributed by atoms with Crippen LogP contribution in [0.15, 0.2) is 48.6 Å². The minimum atomic E-state index is -1.01. The summed E-state index contributed by atoms with van der Waals surface area (Å²) in [5.74, 6) is -1.32. The Morgan fingerprint density at radius 1 is 0.517 bits per heavy atom. The summed E-state index contributed by atoms with van der Waals surface area (Å²) in [6.07, 6.45) is 56.1. The molecule has 58 heavy (non-hydrogen) atoms. The van der Waals surface area contributed by atoms with E-state index in [2.05, 4.69) is 67.8 Å². The maximum Gasteiger partial charge on any atom is 0.326 e. The Kier molecular flexibility index (Phi) is 43.3. The van der Waals surface area contributed by atoms with Crippen molar-refractivity contribution in [1.29, 1.82) is 0 Å². The topological polar surface area (TPSA) is 119 Å². The molecule has 1 amide bonds. The Hall–Kier alpha value is -2.67. The number of allylic oxidation sites excluding steroid dienone is 7. The number of amides is 1. The standard InChI is InChI=1S/C51H92N2O5/c1-3-5-7-9-11-13-15-16-17-18-19-20-21-22-23-24-26-28-30-35-39-45-50(55)58-47(41-36-32-29-27-25-14-12-10-8-6-4-2)42-37-33-31-34-38-44-49(54)53-48(51(56)57)43-40-46-52/h12,14,18-19,27,29,36,41,47-48H,3-11,13,15-17,20-26,28,30-35,37-40,42-46,52H2,1-2H3,(H,53,54)(H,56,57)/b14-12-,19-18-,29-27-,41-36-. The number of unbranched alkanes of at least 4 members (excludes halogenated alkanes) is 24. The first kappa shape index (κ1) is 55.3. The SMILES string of the molecule is CCCCC/C=C\C/C=C\C/C=C\C(CCCCCCCC(=O)NC(CCCN)C(=O)O)OC(=O)CCCCCCCCCCC/C=C\CCCCCCCCCC. The monoisotopic (exact) mass is 813 g/mol. The lowest BCUT2D eigenvalue weighted by Gasteiger charge is -2.15. The molecule has 0 aromatic heterocycles. The number of carboxylic acid groups (broad SMARTS) is 1. The van der Waals surface area contributed by atoms with Crippen molar-refractivity contribution >= 4 is 17.8 Å². The largest absolute Gasteiger partial charge is 0.480 e. The van der Waals surface area contributed by atoms with E-state index in [0.717, 1.165) is 70.6 Å². The molecule has 0 saturated carbocycles. The fourth-order valence-corrected chi connectivity index (χ4v) is 7.14. The molecule has 0 aromatic rings. The van der Waals surface area contributed by atoms with Crippen LogP contribution in [0.1, 0.15) is 239 Å². The number of aliphatic carboxylic acids is 1. The second-order valence-electron chi connectivity index (χ2n) is 16.5. The summed E-state index contributed by atoms with van der Waals surface area (Å²) < 4.78 is 5.96. The number of nitrogens with one attached hydrogen (secondary N) is 1. The molecule has 0 rings (SSSR count). The number of carbonyl (C=O) groups is 3. The van der Waals surface area contributed by atoms with Crippen molar-refractivity contribution in [3.05, 3.63) is 48.6 Å². The summed E-state index contributed by atoms with van der Waals surface area (Å²) in [4.78, 5) is 36.4. The summed E-state index contributed by atoms with van der Waals surface area (Å²) in [5, 5.41) is 11.9. The number of ether oxygens (including phenoxy) is 1. The first-order valence-corrected chi connectivity index (χ1v) is 24.5. The van der Waals surface area contributed by atoms with E-state index in [9.17, 15) is 19.5 Å². The zero-order chi connectivity index (χ0) is 42.4. The maximum atomic E-state index is 12.8. The summed E-state index contributed by atoms with van der Waals surface area (Å²) in [6.45, 7) is 4.92. The molecule has 4 N–H and O–H groups in total. The van der Waals surface area contributed by atoms with Gasteiger partial charge in [-0.2, -0.15) is 0 Å². The van der Waals surface area contributed by atoms with Crippen molar-refractivity contribution in [3.8, 4) is 0 Å². The molecule has 0 bridgehead atoms. The molecule has 0 aromatic carbocycles. The quantitative estimate of drug-likeness (QED) is 0.0320. The molecule has 0 aliphatic carbocycles. The van der Waals surface area contributed by atoms with Crippen molar-refractivity contribution < 1.29 is 24.2 Å². The van der Waals surface area contributed by atoms with Crippen molar-refractivity contribution in [3.63, 3.8) is 0 Å². The van der Waals surface area contributed by atoms with E-state index in [1.54, 1.807) is 0 Å². The molecular weight excluding hydrogens is 721 g/mol. The summed E-state index contributed by atoms with van der Waals surface area (Å²) >= 11 is 0. The smallest absolute Gasteiger partial charge is 0.326 e. The normalized spacial score (nSPS) is 13.0. The minimum Gasteiger partial charge on any atom is -0.480 e. The van der Waals surface area contributed by atoms with Crippen LogP contribution >= 0.6 is 0 Å². The highest BCUT2D eigenvalue weighted by molar-refractivity contribution is 5.83. The van der Waals surface area contributed by atoms with E-state index >= 15 is 0 Å². The number of rotatable bonds is 44. The highest BCUT2D eigenvalue weighted by Gasteiger charge is 2.19. The number of carbonyl (C=O) groups excluding carboxylic acids is 2. The highest BCUT2D eigenvalue weighted by atomic mass is 16.5. The van der Waals surface area contributed by atoms with Crippen LogP contribution in [0.3, 0.4) is 0 Å². The summed E-state index contributed by atoms with van der Waals surface area (Å²) in [7, 11) is 0. The number of esters is 1. The van der Waals surface area contributed by atoms with Gasteiger partial charge in [-0.3, -0.25) is 9.59 Å². The van der Waals surface area contributed by atoms with Gasteiger partial charge >= 0.3 is 11.9 Å². The molecule has 0 aliphatic rings. The van der Waals surface area contributed by atoms with Gasteiger partial charge in [0.25, 0.3) is 0 Å². The molecule has 7 nitrogen and oxygen atoms in total. The summed E-state index contributed by atoms with van der Waals surface area (Å²) in [5.41, 5.74) is 5.49. The molecule has 0 fully saturated rings. The number of hydrogen-bond acceptors (Lipinski definition) is 5. The van der Waals surface area contributed by atoms with E-state index in [1.165, 1.54) is 128 Å². The highest BCUT2D eigenvalue weighted by Crippen LogP contribution is 2.16. The second kappa shape index (κ2) is 45.4. The predicted molar refractivity (Wildman–Crippen MR) is 248 cm³/mol. The molecule has 2 unspecified atom stereocenters. The molecule has 0 heterocycles. The average Bonchev–Trinajstić information content (AvgIpc) is 3.21. The molecular formula is C51H92N2O5. The maximum absolute atomic E-state index is 12.8. The molecule has 7 heteroatoms. The van der Waals surface area contributed by atoms with Gasteiger partial charge in [-0.15, -0.1) is 0 Å². The van der Waals surface area contributed by atoms with Crippen LogP contribution in [-0.2, 0) is 19.1 Å². The lowest BCUT2D eigenvalue weighted by atomic mass is 10.0. The van der Waals surface area contributed by atoms with Crippen LogP contribution < -0.4 is 11.1 Å². The first-order valence-electron chi connectivity index (χ1n) is 24.5. The van der Waals surface area contributed by atoms with Gasteiger partial charge in [0.15, 0.2) is 0 Å². The van der Waals surface area contributed by atoms with Crippen LogP contribution in [0.4, 0.5) is 0 Å². The van der Waals surface area contributed by atoms with Crippen LogP contribution in [0.2, 0.25) is 0 Å². The molecule has 0 saturated heterocycles. The Labute approximate surface area is 358 Å². The lowest BCUT2D eigenvalue weighted by molar-refractivity contribution is -0.147. The van der Waals surface area contributed by atoms with Gasteiger partial charge in [0, 0.05) is 12.8 Å². The third-order valence-corrected chi connectivity index (χ3v) is 10.9. The van der Waals surface area contributed by atoms with E-state index < -0.39 is 12.0 Å². The molecule has 336 valence electrons. The average molecular weight is 813 g/mol. The van der Waals surface area contributed by atoms with Crippen molar-refractivity contribution in [2.75, 3.05) is 6.54 Å². The third-order valence-electron chi connectivity index (χ3n) is 10.9. The first-order chi connectivity index (χ1) is 28.4. The van der Waals surface area contributed by atoms with E-state index in [-0.39, 0.29) is 18.0 Å². The lowest BCUT2D eigenvalue weighted by Crippen LogP contribution is -2.40. The van der Waals surface area contributed by atoms with E-state index in [4.69, 9.17) is 10.5 Å². The molecule has 0 radical (unpaired) electrons. The summed E-state index contributed by atoms with van der Waals surface area (Å²) in [6, 6.07) is -0.867. The number of carboxylic acids is 1. The van der Waals surface area contributed by atoms with Gasteiger partial charge in [0.2, 0.25) is 5.91 Å². The zero-order valence-corrected chi connectivity index (χ0v) is 37.9. The van der Waals surface area contributed by atoms with Gasteiger partial charge in [-0.1, -0.05) is 178 Å². The fraction of sp³-hybridized carbons (Fsp3) is 0.784. The number of nitrogens with two attached hydrogens (primary N) is 1. The minimum absolute atomic E-state index is 0.0950. The van der Waals surface area contributed by atoms with Crippen LogP contribution in [0.5, 0.6) is 0 Å². The molecule has 0 aliphatic heterocycles. The van der Waals surface area contributed by atoms with Crippen molar-refractivity contribution in [2.45, 2.75) is 251 Å². The van der Waals surface area contributed by atoms with Crippen LogP contribution in [0, 0.1) is 0 Å². The van der Waals surface area contributed by atoms with Crippen LogP contribution in [-0.4, -0.2) is 41.6 Å². The van der Waals surface area contributed by atoms with Gasteiger partial charge < -0.3 is 20.9 Å². The van der Waals surface area contributed by atoms with E-state index in [1.807, 2.05) is 0 Å². The van der Waals surface area contributed by atoms with Crippen molar-refractivity contribution in [1.82, 2.24) is 5.32 Å². The Balaban J connectivity index is 4.28. The molecule has 2 atom stereocenters. The van der Waals surface area contributed by atoms with E-state index in [0.29, 0.717) is 32.2 Å². The van der Waals surface area contributed by atoms with Gasteiger partial charge in [0.05, 0.1) is 0 Å². The Morgan fingerprint density at radius 3 is 1.50 bits per heavy atom. The zero-order valence-electron chi connectivity index (χ0n) is 37.9. The van der Waals surface area contributed by atoms with Crippen LogP contribution in [0.25, 0.3) is 0 Å². The number of hydrogen-bond donors (Lipinski definition) is 3. The molecule has 0 spiro atoms. The van der Waals surface area contributed by atoms with Gasteiger partial charge in [-0.05, 0) is 103 Å². The van der Waals surface area contributed by atoms with Crippen molar-refractivity contribution in [2.24, 2.45) is 5.73 Å². The third kappa shape index (κ3) is 41.5. The van der Waals surface area contributed by atoms with Gasteiger partial charge in [0.1, 0.15) is 12.1 Å². The second-order valence-corrected chi connectivity index (χ2v) is 16.5. The fourth-order valence-electron chi connectivity index (χ4n) is 7.14. The Morgan fingerprint density at radius 2 is 0.948 bits per heavy atom.